The van der Waals surface area contributed by atoms with Crippen molar-refractivity contribution in [2.75, 3.05) is 20.3 Å². The van der Waals surface area contributed by atoms with E-state index in [1.54, 1.807) is 13.2 Å². The first-order valence-corrected chi connectivity index (χ1v) is 7.70. The summed E-state index contributed by atoms with van der Waals surface area (Å²) in [6.45, 7) is 3.93. The molecule has 24 heavy (non-hydrogen) atoms. The lowest BCUT2D eigenvalue weighted by Gasteiger charge is -2.12. The van der Waals surface area contributed by atoms with Gasteiger partial charge in [0.2, 0.25) is 0 Å². The molecule has 0 saturated carbocycles. The Morgan fingerprint density at radius 3 is 2.83 bits per heavy atom. The van der Waals surface area contributed by atoms with Crippen molar-refractivity contribution in [3.8, 4) is 0 Å². The number of methoxy groups -OCH3 is 1. The molecule has 130 valence electrons. The minimum Gasteiger partial charge on any atom is -0.383 e. The standard InChI is InChI=1S/C16H23FN6O/c1-12-21-22-15(23(12)2)11-20-16(18-7-8-24-3)19-10-13-5-4-6-14(17)9-13/h4-6,9H,7-8,10-11H2,1-3H3,(H2,18,19,20). The maximum absolute atomic E-state index is 13.2. The zero-order valence-corrected chi connectivity index (χ0v) is 14.2. The molecule has 0 atom stereocenters. The van der Waals surface area contributed by atoms with E-state index in [2.05, 4.69) is 25.8 Å². The molecule has 0 spiro atoms. The van der Waals surface area contributed by atoms with Crippen LogP contribution in [0.15, 0.2) is 29.3 Å². The van der Waals surface area contributed by atoms with Crippen LogP contribution in [0.25, 0.3) is 0 Å². The highest BCUT2D eigenvalue weighted by molar-refractivity contribution is 5.79. The molecule has 2 N–H and O–H groups in total. The van der Waals surface area contributed by atoms with E-state index in [4.69, 9.17) is 4.74 Å². The summed E-state index contributed by atoms with van der Waals surface area (Å²) in [7, 11) is 3.55. The summed E-state index contributed by atoms with van der Waals surface area (Å²) >= 11 is 0. The predicted octanol–water partition coefficient (Wildman–Crippen LogP) is 1.14. The first kappa shape index (κ1) is 17.9. The van der Waals surface area contributed by atoms with Crippen LogP contribution in [0.1, 0.15) is 17.2 Å². The summed E-state index contributed by atoms with van der Waals surface area (Å²) in [4.78, 5) is 4.47. The van der Waals surface area contributed by atoms with Crippen molar-refractivity contribution in [1.29, 1.82) is 0 Å². The molecule has 7 nitrogen and oxygen atoms in total. The smallest absolute Gasteiger partial charge is 0.192 e. The van der Waals surface area contributed by atoms with E-state index in [9.17, 15) is 4.39 Å². The van der Waals surface area contributed by atoms with Crippen molar-refractivity contribution in [3.63, 3.8) is 0 Å². The second-order valence-electron chi connectivity index (χ2n) is 5.29. The van der Waals surface area contributed by atoms with Crippen molar-refractivity contribution < 1.29 is 9.13 Å². The second-order valence-corrected chi connectivity index (χ2v) is 5.29. The van der Waals surface area contributed by atoms with Gasteiger partial charge in [-0.3, -0.25) is 0 Å². The monoisotopic (exact) mass is 334 g/mol. The van der Waals surface area contributed by atoms with Crippen molar-refractivity contribution in [1.82, 2.24) is 25.4 Å². The Hall–Kier alpha value is -2.48. The van der Waals surface area contributed by atoms with Gasteiger partial charge >= 0.3 is 0 Å². The highest BCUT2D eigenvalue weighted by atomic mass is 19.1. The quantitative estimate of drug-likeness (QED) is 0.451. The molecule has 0 fully saturated rings. The molecular weight excluding hydrogens is 311 g/mol. The Labute approximate surface area is 141 Å². The van der Waals surface area contributed by atoms with Gasteiger partial charge in [-0.25, -0.2) is 9.38 Å². The fourth-order valence-corrected chi connectivity index (χ4v) is 2.02. The molecule has 2 aromatic rings. The third kappa shape index (κ3) is 5.31. The zero-order valence-electron chi connectivity index (χ0n) is 14.2. The van der Waals surface area contributed by atoms with Crippen LogP contribution in [0.5, 0.6) is 0 Å². The van der Waals surface area contributed by atoms with Gasteiger partial charge in [0.15, 0.2) is 11.8 Å². The molecule has 0 aliphatic rings. The summed E-state index contributed by atoms with van der Waals surface area (Å²) in [6, 6.07) is 6.40. The van der Waals surface area contributed by atoms with Gasteiger partial charge in [0.25, 0.3) is 0 Å². The number of ether oxygens (including phenoxy) is 1. The largest absolute Gasteiger partial charge is 0.383 e. The molecule has 0 saturated heterocycles. The summed E-state index contributed by atoms with van der Waals surface area (Å²) in [5.74, 6) is 1.99. The lowest BCUT2D eigenvalue weighted by Crippen LogP contribution is -2.39. The minimum atomic E-state index is -0.265. The number of aromatic nitrogens is 3. The number of hydrogen-bond acceptors (Lipinski definition) is 4. The van der Waals surface area contributed by atoms with Crippen molar-refractivity contribution in [2.24, 2.45) is 12.0 Å². The van der Waals surface area contributed by atoms with Gasteiger partial charge in [-0.1, -0.05) is 12.1 Å². The minimum absolute atomic E-state index is 0.265. The molecule has 0 unspecified atom stereocenters. The van der Waals surface area contributed by atoms with Crippen LogP contribution < -0.4 is 10.6 Å². The summed E-state index contributed by atoms with van der Waals surface area (Å²) in [5, 5.41) is 14.5. The van der Waals surface area contributed by atoms with Gasteiger partial charge < -0.3 is 19.9 Å². The number of benzene rings is 1. The first-order valence-electron chi connectivity index (χ1n) is 7.70. The number of guanidine groups is 1. The van der Waals surface area contributed by atoms with Gasteiger partial charge in [-0.15, -0.1) is 10.2 Å². The average Bonchev–Trinajstić information content (AvgIpc) is 2.89. The first-order chi connectivity index (χ1) is 11.6. The van der Waals surface area contributed by atoms with Crippen LogP contribution >= 0.6 is 0 Å². The highest BCUT2D eigenvalue weighted by Gasteiger charge is 2.06. The molecule has 0 amide bonds. The summed E-state index contributed by atoms with van der Waals surface area (Å²) in [6.07, 6.45) is 0. The Bertz CT molecular complexity index is 685. The molecule has 1 aromatic heterocycles. The Morgan fingerprint density at radius 1 is 1.33 bits per heavy atom. The van der Waals surface area contributed by atoms with Crippen LogP contribution in [0.2, 0.25) is 0 Å². The fraction of sp³-hybridized carbons (Fsp3) is 0.438. The number of aliphatic imine (C=N–C) groups is 1. The van der Waals surface area contributed by atoms with Gasteiger partial charge in [0, 0.05) is 20.7 Å². The van der Waals surface area contributed by atoms with Gasteiger partial charge in [0.1, 0.15) is 11.6 Å². The fourth-order valence-electron chi connectivity index (χ4n) is 2.02. The molecule has 1 heterocycles. The molecule has 2 rings (SSSR count). The van der Waals surface area contributed by atoms with Gasteiger partial charge in [0.05, 0.1) is 19.7 Å². The number of aryl methyl sites for hydroxylation is 1. The van der Waals surface area contributed by atoms with E-state index >= 15 is 0 Å². The molecule has 0 aliphatic heterocycles. The van der Waals surface area contributed by atoms with E-state index in [0.717, 1.165) is 17.2 Å². The number of halogens is 1. The maximum Gasteiger partial charge on any atom is 0.192 e. The topological polar surface area (TPSA) is 76.4 Å². The zero-order chi connectivity index (χ0) is 17.4. The highest BCUT2D eigenvalue weighted by Crippen LogP contribution is 2.04. The van der Waals surface area contributed by atoms with E-state index in [1.165, 1.54) is 12.1 Å². The molecule has 0 aliphatic carbocycles. The van der Waals surface area contributed by atoms with Crippen molar-refractivity contribution in [2.45, 2.75) is 20.0 Å². The predicted molar refractivity (Wildman–Crippen MR) is 90.0 cm³/mol. The Balaban J connectivity index is 2.00. The lowest BCUT2D eigenvalue weighted by molar-refractivity contribution is 0.203. The number of rotatable bonds is 7. The van der Waals surface area contributed by atoms with E-state index in [1.807, 2.05) is 24.6 Å². The van der Waals surface area contributed by atoms with Crippen LogP contribution in [-0.2, 0) is 24.9 Å². The SMILES string of the molecule is COCCNC(=NCc1cccc(F)c1)NCc1nnc(C)n1C. The third-order valence-electron chi connectivity index (χ3n) is 3.50. The van der Waals surface area contributed by atoms with Gasteiger partial charge in [-0.05, 0) is 24.6 Å². The molecule has 8 heteroatoms. The maximum atomic E-state index is 13.2. The average molecular weight is 334 g/mol. The molecule has 1 aromatic carbocycles. The van der Waals surface area contributed by atoms with Crippen LogP contribution in [0.4, 0.5) is 4.39 Å². The van der Waals surface area contributed by atoms with Crippen LogP contribution in [0.3, 0.4) is 0 Å². The number of nitrogens with zero attached hydrogens (tertiary/aromatic N) is 4. The normalized spacial score (nSPS) is 11.6. The summed E-state index contributed by atoms with van der Waals surface area (Å²) < 4.78 is 20.2. The van der Waals surface area contributed by atoms with Crippen LogP contribution in [-0.4, -0.2) is 41.0 Å². The Kier molecular flexibility index (Phi) is 6.68. The van der Waals surface area contributed by atoms with Crippen LogP contribution in [0, 0.1) is 12.7 Å². The molecule has 0 bridgehead atoms. The molecular formula is C16H23FN6O. The summed E-state index contributed by atoms with van der Waals surface area (Å²) in [5.41, 5.74) is 0.803. The van der Waals surface area contributed by atoms with Crippen molar-refractivity contribution in [3.05, 3.63) is 47.3 Å². The van der Waals surface area contributed by atoms with Crippen molar-refractivity contribution >= 4 is 5.96 Å². The second kappa shape index (κ2) is 8.97. The third-order valence-corrected chi connectivity index (χ3v) is 3.50. The molecule has 0 radical (unpaired) electrons. The van der Waals surface area contributed by atoms with E-state index < -0.39 is 0 Å². The number of hydrogen-bond donors (Lipinski definition) is 2. The van der Waals surface area contributed by atoms with E-state index in [0.29, 0.717) is 32.2 Å². The Morgan fingerprint density at radius 2 is 2.17 bits per heavy atom. The van der Waals surface area contributed by atoms with E-state index in [-0.39, 0.29) is 5.82 Å². The lowest BCUT2D eigenvalue weighted by atomic mass is 10.2. The van der Waals surface area contributed by atoms with Gasteiger partial charge in [-0.2, -0.15) is 0 Å². The number of nitrogens with one attached hydrogen (secondary N) is 2.